The largest absolute Gasteiger partial charge is 0.326 e. The van der Waals surface area contributed by atoms with Crippen LogP contribution in [0.2, 0.25) is 5.02 Å². The molecule has 0 spiro atoms. The van der Waals surface area contributed by atoms with Crippen molar-refractivity contribution in [1.29, 1.82) is 0 Å². The summed E-state index contributed by atoms with van der Waals surface area (Å²) in [4.78, 5) is 35.7. The van der Waals surface area contributed by atoms with Gasteiger partial charge in [-0.15, -0.1) is 0 Å². The van der Waals surface area contributed by atoms with E-state index in [0.29, 0.717) is 22.0 Å². The Hall–Kier alpha value is -2.66. The van der Waals surface area contributed by atoms with E-state index >= 15 is 0 Å². The molecular weight excluding hydrogens is 352 g/mol. The van der Waals surface area contributed by atoms with E-state index in [1.165, 1.54) is 0 Å². The zero-order valence-electron chi connectivity index (χ0n) is 14.7. The van der Waals surface area contributed by atoms with Gasteiger partial charge in [0.05, 0.1) is 0 Å². The number of rotatable bonds is 7. The van der Waals surface area contributed by atoms with Gasteiger partial charge in [-0.1, -0.05) is 25.4 Å². The summed E-state index contributed by atoms with van der Waals surface area (Å²) >= 11 is 5.79. The molecule has 6 heteroatoms. The molecule has 0 atom stereocenters. The minimum atomic E-state index is -0.244. The zero-order valence-corrected chi connectivity index (χ0v) is 15.5. The van der Waals surface area contributed by atoms with E-state index < -0.39 is 0 Å². The fourth-order valence-electron chi connectivity index (χ4n) is 2.15. The third-order valence-corrected chi connectivity index (χ3v) is 3.96. The van der Waals surface area contributed by atoms with Gasteiger partial charge in [0.25, 0.3) is 0 Å². The third-order valence-electron chi connectivity index (χ3n) is 3.71. The number of carbonyl (C=O) groups is 3. The van der Waals surface area contributed by atoms with Crippen LogP contribution >= 0.6 is 11.6 Å². The molecule has 0 unspecified atom stereocenters. The fraction of sp³-hybridized carbons (Fsp3) is 0.250. The maximum absolute atomic E-state index is 12.1. The minimum absolute atomic E-state index is 0.0671. The van der Waals surface area contributed by atoms with Gasteiger partial charge in [0.1, 0.15) is 0 Å². The topological polar surface area (TPSA) is 75.3 Å². The van der Waals surface area contributed by atoms with Gasteiger partial charge in [0, 0.05) is 40.7 Å². The summed E-state index contributed by atoms with van der Waals surface area (Å²) in [6, 6.07) is 13.4. The number of hydrogen-bond donors (Lipinski definition) is 2. The average molecular weight is 373 g/mol. The highest BCUT2D eigenvalue weighted by atomic mass is 35.5. The molecule has 136 valence electrons. The lowest BCUT2D eigenvalue weighted by Gasteiger charge is -2.09. The molecule has 2 N–H and O–H groups in total. The lowest BCUT2D eigenvalue weighted by Crippen LogP contribution is -2.17. The van der Waals surface area contributed by atoms with Crippen molar-refractivity contribution in [2.75, 3.05) is 10.6 Å². The average Bonchev–Trinajstić information content (AvgIpc) is 2.62. The maximum atomic E-state index is 12.1. The molecule has 0 aliphatic carbocycles. The van der Waals surface area contributed by atoms with Crippen LogP contribution in [0.5, 0.6) is 0 Å². The predicted molar refractivity (Wildman–Crippen MR) is 104 cm³/mol. The second-order valence-electron chi connectivity index (χ2n) is 6.20. The number of benzene rings is 2. The Morgan fingerprint density at radius 3 is 1.92 bits per heavy atom. The first-order valence-electron chi connectivity index (χ1n) is 8.34. The molecule has 2 amide bonds. The van der Waals surface area contributed by atoms with E-state index in [1.807, 2.05) is 13.8 Å². The van der Waals surface area contributed by atoms with E-state index in [2.05, 4.69) is 10.6 Å². The van der Waals surface area contributed by atoms with Crippen molar-refractivity contribution < 1.29 is 14.4 Å². The van der Waals surface area contributed by atoms with Gasteiger partial charge in [0.2, 0.25) is 11.8 Å². The van der Waals surface area contributed by atoms with E-state index in [4.69, 9.17) is 11.6 Å². The summed E-state index contributed by atoms with van der Waals surface area (Å²) in [7, 11) is 0. The number of nitrogens with one attached hydrogen (secondary N) is 2. The molecule has 0 aromatic heterocycles. The Kier molecular flexibility index (Phi) is 6.92. The Morgan fingerprint density at radius 1 is 0.846 bits per heavy atom. The van der Waals surface area contributed by atoms with Crippen LogP contribution in [0.1, 0.15) is 37.0 Å². The molecule has 0 radical (unpaired) electrons. The van der Waals surface area contributed by atoms with E-state index in [9.17, 15) is 14.4 Å². The number of carbonyl (C=O) groups excluding carboxylic acids is 3. The number of halogens is 1. The smallest absolute Gasteiger partial charge is 0.226 e. The monoisotopic (exact) mass is 372 g/mol. The summed E-state index contributed by atoms with van der Waals surface area (Å²) in [5, 5.41) is 6.08. The van der Waals surface area contributed by atoms with Gasteiger partial charge in [0.15, 0.2) is 5.78 Å². The molecule has 0 fully saturated rings. The predicted octanol–water partition coefficient (Wildman–Crippen LogP) is 4.54. The Morgan fingerprint density at radius 2 is 1.38 bits per heavy atom. The highest BCUT2D eigenvalue weighted by molar-refractivity contribution is 6.30. The lowest BCUT2D eigenvalue weighted by molar-refractivity contribution is -0.119. The van der Waals surface area contributed by atoms with E-state index in [0.717, 1.165) is 0 Å². The van der Waals surface area contributed by atoms with Crippen molar-refractivity contribution >= 4 is 40.6 Å². The second-order valence-corrected chi connectivity index (χ2v) is 6.64. The van der Waals surface area contributed by atoms with Crippen molar-refractivity contribution in [3.05, 3.63) is 59.1 Å². The van der Waals surface area contributed by atoms with Crippen LogP contribution in [-0.4, -0.2) is 17.6 Å². The summed E-state index contributed by atoms with van der Waals surface area (Å²) in [6.07, 6.45) is 0.212. The van der Waals surface area contributed by atoms with Gasteiger partial charge < -0.3 is 10.6 Å². The lowest BCUT2D eigenvalue weighted by atomic mass is 10.1. The quantitative estimate of drug-likeness (QED) is 0.701. The Bertz CT molecular complexity index is 784. The van der Waals surface area contributed by atoms with Gasteiger partial charge in [-0.25, -0.2) is 0 Å². The highest BCUT2D eigenvalue weighted by Crippen LogP contribution is 2.16. The number of anilines is 2. The first kappa shape index (κ1) is 19.7. The second kappa shape index (κ2) is 9.15. The summed E-state index contributed by atoms with van der Waals surface area (Å²) in [5.41, 5.74) is 1.81. The number of hydrogen-bond acceptors (Lipinski definition) is 3. The number of Topliss-reactive ketones (excluding diaryl/α,β-unsaturated/α-hetero) is 1. The SMILES string of the molecule is CC(C)C(=O)Nc1ccc(NC(=O)CCC(=O)c2ccc(Cl)cc2)cc1. The first-order chi connectivity index (χ1) is 12.3. The Labute approximate surface area is 157 Å². The van der Waals surface area contributed by atoms with Crippen LogP contribution in [-0.2, 0) is 9.59 Å². The van der Waals surface area contributed by atoms with Crippen LogP contribution in [0.3, 0.4) is 0 Å². The van der Waals surface area contributed by atoms with Crippen molar-refractivity contribution in [2.24, 2.45) is 5.92 Å². The molecule has 0 aliphatic heterocycles. The van der Waals surface area contributed by atoms with E-state index in [1.54, 1.807) is 48.5 Å². The number of ketones is 1. The van der Waals surface area contributed by atoms with Crippen LogP contribution in [0.25, 0.3) is 0 Å². The van der Waals surface area contributed by atoms with E-state index in [-0.39, 0.29) is 36.4 Å². The minimum Gasteiger partial charge on any atom is -0.326 e. The van der Waals surface area contributed by atoms with Gasteiger partial charge >= 0.3 is 0 Å². The third kappa shape index (κ3) is 6.01. The summed E-state index contributed by atoms with van der Waals surface area (Å²) in [5.74, 6) is -0.523. The van der Waals surface area contributed by atoms with Crippen molar-refractivity contribution in [2.45, 2.75) is 26.7 Å². The molecule has 5 nitrogen and oxygen atoms in total. The Balaban J connectivity index is 1.83. The fourth-order valence-corrected chi connectivity index (χ4v) is 2.28. The molecule has 0 bridgehead atoms. The highest BCUT2D eigenvalue weighted by Gasteiger charge is 2.10. The van der Waals surface area contributed by atoms with Crippen LogP contribution in [0.4, 0.5) is 11.4 Å². The first-order valence-corrected chi connectivity index (χ1v) is 8.72. The standard InChI is InChI=1S/C20H21ClN2O3/c1-13(2)20(26)23-17-9-7-16(8-10-17)22-19(25)12-11-18(24)14-3-5-15(21)6-4-14/h3-10,13H,11-12H2,1-2H3,(H,22,25)(H,23,26). The van der Waals surface area contributed by atoms with Crippen molar-refractivity contribution in [3.63, 3.8) is 0 Å². The molecule has 2 rings (SSSR count). The molecule has 26 heavy (non-hydrogen) atoms. The van der Waals surface area contributed by atoms with Crippen LogP contribution < -0.4 is 10.6 Å². The van der Waals surface area contributed by atoms with Gasteiger partial charge in [-0.3, -0.25) is 14.4 Å². The summed E-state index contributed by atoms with van der Waals surface area (Å²) in [6.45, 7) is 3.63. The normalized spacial score (nSPS) is 10.5. The molecule has 2 aromatic rings. The molecule has 0 saturated carbocycles. The van der Waals surface area contributed by atoms with Crippen molar-refractivity contribution in [1.82, 2.24) is 0 Å². The van der Waals surface area contributed by atoms with Gasteiger partial charge in [-0.2, -0.15) is 0 Å². The maximum Gasteiger partial charge on any atom is 0.226 e. The van der Waals surface area contributed by atoms with Crippen LogP contribution in [0, 0.1) is 5.92 Å². The van der Waals surface area contributed by atoms with Crippen LogP contribution in [0.15, 0.2) is 48.5 Å². The zero-order chi connectivity index (χ0) is 19.1. The molecule has 2 aromatic carbocycles. The number of amides is 2. The summed E-state index contributed by atoms with van der Waals surface area (Å²) < 4.78 is 0. The van der Waals surface area contributed by atoms with Gasteiger partial charge in [-0.05, 0) is 48.5 Å². The van der Waals surface area contributed by atoms with Crippen molar-refractivity contribution in [3.8, 4) is 0 Å². The molecule has 0 heterocycles. The molecular formula is C20H21ClN2O3. The molecule has 0 aliphatic rings. The molecule has 0 saturated heterocycles.